The van der Waals surface area contributed by atoms with Crippen LogP contribution in [0.25, 0.3) is 0 Å². The van der Waals surface area contributed by atoms with E-state index in [1.54, 1.807) is 4.90 Å². The third-order valence-electron chi connectivity index (χ3n) is 2.10. The van der Waals surface area contributed by atoms with E-state index >= 15 is 0 Å². The summed E-state index contributed by atoms with van der Waals surface area (Å²) in [7, 11) is 1.35. The molecule has 1 rings (SSSR count). The zero-order valence-corrected chi connectivity index (χ0v) is 7.37. The Morgan fingerprint density at radius 1 is 1.67 bits per heavy atom. The van der Waals surface area contributed by atoms with Gasteiger partial charge >= 0.3 is 6.09 Å². The fourth-order valence-corrected chi connectivity index (χ4v) is 1.40. The van der Waals surface area contributed by atoms with Crippen LogP contribution in [0, 0.1) is 0 Å². The van der Waals surface area contributed by atoms with Gasteiger partial charge in [-0.3, -0.25) is 4.79 Å². The minimum Gasteiger partial charge on any atom is -0.453 e. The molecule has 1 fully saturated rings. The third kappa shape index (κ3) is 1.75. The lowest BCUT2D eigenvalue weighted by Gasteiger charge is -2.31. The molecule has 0 aromatic carbocycles. The molecule has 12 heavy (non-hydrogen) atoms. The molecule has 1 heterocycles. The first-order chi connectivity index (χ1) is 5.65. The molecule has 0 radical (unpaired) electrons. The fraction of sp³-hybridized carbons (Fsp3) is 0.750. The second-order valence-electron chi connectivity index (χ2n) is 3.01. The number of hydrogen-bond donors (Lipinski definition) is 0. The van der Waals surface area contributed by atoms with Gasteiger partial charge in [-0.1, -0.05) is 0 Å². The average molecular weight is 171 g/mol. The molecular formula is C8H13NO3. The Labute approximate surface area is 71.5 Å². The van der Waals surface area contributed by atoms with Crippen molar-refractivity contribution in [3.8, 4) is 0 Å². The molecular weight excluding hydrogens is 158 g/mol. The summed E-state index contributed by atoms with van der Waals surface area (Å²) in [6.07, 6.45) is 0.573. The first kappa shape index (κ1) is 9.03. The van der Waals surface area contributed by atoms with Crippen molar-refractivity contribution in [2.75, 3.05) is 13.7 Å². The molecule has 1 unspecified atom stereocenters. The minimum atomic E-state index is -0.338. The van der Waals surface area contributed by atoms with Crippen LogP contribution < -0.4 is 0 Å². The van der Waals surface area contributed by atoms with Crippen LogP contribution in [0.2, 0.25) is 0 Å². The number of rotatable bonds is 0. The van der Waals surface area contributed by atoms with Crippen LogP contribution in [0.3, 0.4) is 0 Å². The summed E-state index contributed by atoms with van der Waals surface area (Å²) in [4.78, 5) is 23.6. The number of methoxy groups -OCH3 is 1. The highest BCUT2D eigenvalue weighted by molar-refractivity contribution is 5.82. The van der Waals surface area contributed by atoms with Gasteiger partial charge in [-0.05, 0) is 6.92 Å². The molecule has 0 N–H and O–H groups in total. The summed E-state index contributed by atoms with van der Waals surface area (Å²) in [6.45, 7) is 2.35. The Bertz CT molecular complexity index is 202. The van der Waals surface area contributed by atoms with Crippen LogP contribution in [0.1, 0.15) is 19.8 Å². The maximum atomic E-state index is 11.1. The van der Waals surface area contributed by atoms with Crippen molar-refractivity contribution in [2.45, 2.75) is 25.8 Å². The van der Waals surface area contributed by atoms with E-state index in [-0.39, 0.29) is 17.9 Å². The topological polar surface area (TPSA) is 46.6 Å². The number of ketones is 1. The van der Waals surface area contributed by atoms with Crippen molar-refractivity contribution in [1.29, 1.82) is 0 Å². The number of likely N-dealkylation sites (tertiary alicyclic amines) is 1. The quantitative estimate of drug-likeness (QED) is 0.541. The van der Waals surface area contributed by atoms with Gasteiger partial charge < -0.3 is 9.64 Å². The number of amides is 1. The number of nitrogens with zero attached hydrogens (tertiary/aromatic N) is 1. The lowest BCUT2D eigenvalue weighted by molar-refractivity contribution is -0.122. The molecule has 1 aliphatic heterocycles. The number of carbonyl (C=O) groups excluding carboxylic acids is 2. The number of Topliss-reactive ketones (excluding diaryl/α,β-unsaturated/α-hetero) is 1. The van der Waals surface area contributed by atoms with Gasteiger partial charge in [-0.2, -0.15) is 0 Å². The summed E-state index contributed by atoms with van der Waals surface area (Å²) in [6, 6.07) is -0.0151. The van der Waals surface area contributed by atoms with E-state index < -0.39 is 0 Å². The van der Waals surface area contributed by atoms with Gasteiger partial charge in [0.2, 0.25) is 0 Å². The van der Waals surface area contributed by atoms with Crippen LogP contribution in [-0.4, -0.2) is 36.5 Å². The maximum absolute atomic E-state index is 11.1. The van der Waals surface area contributed by atoms with E-state index in [1.165, 1.54) is 7.11 Å². The summed E-state index contributed by atoms with van der Waals surface area (Å²) in [5, 5.41) is 0. The Balaban J connectivity index is 2.56. The van der Waals surface area contributed by atoms with Crippen molar-refractivity contribution in [3.63, 3.8) is 0 Å². The van der Waals surface area contributed by atoms with Crippen LogP contribution >= 0.6 is 0 Å². The molecule has 0 aromatic rings. The second-order valence-corrected chi connectivity index (χ2v) is 3.01. The fourth-order valence-electron chi connectivity index (χ4n) is 1.40. The molecule has 0 aromatic heterocycles. The van der Waals surface area contributed by atoms with Gasteiger partial charge in [0, 0.05) is 25.4 Å². The van der Waals surface area contributed by atoms with E-state index in [0.29, 0.717) is 19.4 Å². The molecule has 68 valence electrons. The molecule has 1 amide bonds. The second kappa shape index (κ2) is 3.56. The van der Waals surface area contributed by atoms with Crippen molar-refractivity contribution >= 4 is 11.9 Å². The molecule has 1 saturated heterocycles. The van der Waals surface area contributed by atoms with Gasteiger partial charge in [0.15, 0.2) is 0 Å². The molecule has 1 aliphatic rings. The predicted octanol–water partition coefficient (Wildman–Crippen LogP) is 0.806. The lowest BCUT2D eigenvalue weighted by atomic mass is 10.0. The highest BCUT2D eigenvalue weighted by Gasteiger charge is 2.27. The molecule has 4 heteroatoms. The monoisotopic (exact) mass is 171 g/mol. The Morgan fingerprint density at radius 2 is 2.33 bits per heavy atom. The number of carbonyl (C=O) groups is 2. The zero-order valence-electron chi connectivity index (χ0n) is 7.37. The normalized spacial score (nSPS) is 24.0. The molecule has 0 bridgehead atoms. The van der Waals surface area contributed by atoms with E-state index in [2.05, 4.69) is 4.74 Å². The first-order valence-electron chi connectivity index (χ1n) is 4.01. The number of piperidine rings is 1. The predicted molar refractivity (Wildman–Crippen MR) is 42.8 cm³/mol. The van der Waals surface area contributed by atoms with Gasteiger partial charge in [-0.25, -0.2) is 4.79 Å². The lowest BCUT2D eigenvalue weighted by Crippen LogP contribution is -2.44. The Morgan fingerprint density at radius 3 is 2.83 bits per heavy atom. The van der Waals surface area contributed by atoms with E-state index in [0.717, 1.165) is 0 Å². The van der Waals surface area contributed by atoms with Gasteiger partial charge in [-0.15, -0.1) is 0 Å². The smallest absolute Gasteiger partial charge is 0.409 e. The van der Waals surface area contributed by atoms with Crippen LogP contribution in [0.15, 0.2) is 0 Å². The van der Waals surface area contributed by atoms with Crippen LogP contribution in [0.4, 0.5) is 4.79 Å². The number of ether oxygens (including phenoxy) is 1. The molecule has 0 saturated carbocycles. The Kier molecular flexibility index (Phi) is 2.68. The average Bonchev–Trinajstić information content (AvgIpc) is 2.03. The first-order valence-corrected chi connectivity index (χ1v) is 4.01. The summed E-state index contributed by atoms with van der Waals surface area (Å²) < 4.78 is 4.57. The minimum absolute atomic E-state index is 0.0151. The summed E-state index contributed by atoms with van der Waals surface area (Å²) >= 11 is 0. The van der Waals surface area contributed by atoms with Gasteiger partial charge in [0.25, 0.3) is 0 Å². The largest absolute Gasteiger partial charge is 0.453 e. The standard InChI is InChI=1S/C8H13NO3/c1-6-5-7(10)3-4-9(6)8(11)12-2/h6H,3-5H2,1-2H3. The molecule has 4 nitrogen and oxygen atoms in total. The SMILES string of the molecule is COC(=O)N1CCC(=O)CC1C. The highest BCUT2D eigenvalue weighted by atomic mass is 16.5. The van der Waals surface area contributed by atoms with Crippen LogP contribution in [-0.2, 0) is 9.53 Å². The summed E-state index contributed by atoms with van der Waals surface area (Å²) in [5.74, 6) is 0.225. The molecule has 0 aliphatic carbocycles. The van der Waals surface area contributed by atoms with Crippen molar-refractivity contribution in [3.05, 3.63) is 0 Å². The van der Waals surface area contributed by atoms with Crippen LogP contribution in [0.5, 0.6) is 0 Å². The third-order valence-corrected chi connectivity index (χ3v) is 2.10. The molecule has 0 spiro atoms. The van der Waals surface area contributed by atoms with Crippen molar-refractivity contribution < 1.29 is 14.3 Å². The summed E-state index contributed by atoms with van der Waals surface area (Å²) in [5.41, 5.74) is 0. The Hall–Kier alpha value is -1.06. The van der Waals surface area contributed by atoms with E-state index in [9.17, 15) is 9.59 Å². The molecule has 1 atom stereocenters. The van der Waals surface area contributed by atoms with Gasteiger partial charge in [0.1, 0.15) is 5.78 Å². The van der Waals surface area contributed by atoms with Crippen molar-refractivity contribution in [2.24, 2.45) is 0 Å². The van der Waals surface area contributed by atoms with Gasteiger partial charge in [0.05, 0.1) is 7.11 Å². The van der Waals surface area contributed by atoms with E-state index in [1.807, 2.05) is 6.92 Å². The zero-order chi connectivity index (χ0) is 9.14. The van der Waals surface area contributed by atoms with Crippen molar-refractivity contribution in [1.82, 2.24) is 4.90 Å². The van der Waals surface area contributed by atoms with E-state index in [4.69, 9.17) is 0 Å². The maximum Gasteiger partial charge on any atom is 0.409 e. The highest BCUT2D eigenvalue weighted by Crippen LogP contribution is 2.14. The number of hydrogen-bond acceptors (Lipinski definition) is 3.